The number of hydrogen-bond acceptors (Lipinski definition) is 2. The van der Waals surface area contributed by atoms with Gasteiger partial charge in [-0.2, -0.15) is 0 Å². The fraction of sp³-hybridized carbons (Fsp3) is 0.588. The van der Waals surface area contributed by atoms with Gasteiger partial charge in [-0.3, -0.25) is 0 Å². The van der Waals surface area contributed by atoms with Gasteiger partial charge in [0, 0.05) is 33.2 Å². The molecule has 2 rings (SSSR count). The molecule has 2 amide bonds. The lowest BCUT2D eigenvalue weighted by Crippen LogP contribution is -2.40. The molecule has 0 saturated heterocycles. The summed E-state index contributed by atoms with van der Waals surface area (Å²) in [6.45, 7) is 6.08. The van der Waals surface area contributed by atoms with Crippen LogP contribution in [-0.2, 0) is 5.41 Å². The highest BCUT2D eigenvalue weighted by Crippen LogP contribution is 2.41. The topological polar surface area (TPSA) is 44.4 Å². The minimum Gasteiger partial charge on any atom is -0.337 e. The molecular weight excluding hydrogens is 262 g/mol. The quantitative estimate of drug-likeness (QED) is 0.837. The summed E-state index contributed by atoms with van der Waals surface area (Å²) in [7, 11) is 3.50. The molecule has 1 unspecified atom stereocenters. The third-order valence-corrected chi connectivity index (χ3v) is 4.32. The van der Waals surface area contributed by atoms with Gasteiger partial charge in [-0.05, 0) is 29.4 Å². The maximum absolute atomic E-state index is 11.5. The molecule has 1 aliphatic carbocycles. The number of nitrogens with zero attached hydrogens (tertiary/aromatic N) is 1. The summed E-state index contributed by atoms with van der Waals surface area (Å²) in [5, 5.41) is 6.46. The van der Waals surface area contributed by atoms with Gasteiger partial charge >= 0.3 is 6.03 Å². The molecule has 116 valence electrons. The van der Waals surface area contributed by atoms with Crippen LogP contribution in [0.25, 0.3) is 0 Å². The van der Waals surface area contributed by atoms with Crippen molar-refractivity contribution >= 4 is 6.03 Å². The first kappa shape index (κ1) is 15.8. The van der Waals surface area contributed by atoms with Crippen molar-refractivity contribution in [2.45, 2.75) is 38.1 Å². The Kier molecular flexibility index (Phi) is 4.88. The van der Waals surface area contributed by atoms with Gasteiger partial charge in [0.1, 0.15) is 0 Å². The Morgan fingerprint density at radius 1 is 1.29 bits per heavy atom. The predicted octanol–water partition coefficient (Wildman–Crippen LogP) is 2.66. The summed E-state index contributed by atoms with van der Waals surface area (Å²) in [5.41, 5.74) is 3.12. The number of rotatable bonds is 4. The van der Waals surface area contributed by atoms with E-state index < -0.39 is 0 Å². The number of nitrogens with one attached hydrogen (secondary N) is 2. The van der Waals surface area contributed by atoms with Crippen LogP contribution in [0.4, 0.5) is 4.79 Å². The van der Waals surface area contributed by atoms with Crippen LogP contribution in [0.1, 0.15) is 43.9 Å². The first-order chi connectivity index (χ1) is 9.92. The smallest absolute Gasteiger partial charge is 0.316 e. The first-order valence-electron chi connectivity index (χ1n) is 7.70. The van der Waals surface area contributed by atoms with Crippen LogP contribution in [0.3, 0.4) is 0 Å². The number of carbonyl (C=O) groups is 1. The summed E-state index contributed by atoms with van der Waals surface area (Å²) in [6, 6.07) is 9.07. The second kappa shape index (κ2) is 6.48. The molecule has 0 aromatic heterocycles. The number of benzene rings is 1. The van der Waals surface area contributed by atoms with E-state index in [1.165, 1.54) is 17.5 Å². The molecule has 0 heterocycles. The SMILES string of the molecule is CN(C)C(=O)NCCNC1CCC(C)(C)c2ccccc21. The lowest BCUT2D eigenvalue weighted by molar-refractivity contribution is 0.217. The van der Waals surface area contributed by atoms with Crippen molar-refractivity contribution in [3.63, 3.8) is 0 Å². The van der Waals surface area contributed by atoms with Crippen LogP contribution < -0.4 is 10.6 Å². The molecule has 1 aromatic carbocycles. The molecule has 1 atom stereocenters. The lowest BCUT2D eigenvalue weighted by atomic mass is 9.71. The van der Waals surface area contributed by atoms with Crippen molar-refractivity contribution in [2.24, 2.45) is 0 Å². The van der Waals surface area contributed by atoms with Gasteiger partial charge < -0.3 is 15.5 Å². The van der Waals surface area contributed by atoms with Gasteiger partial charge in [-0.1, -0.05) is 38.1 Å². The molecule has 4 heteroatoms. The third-order valence-electron chi connectivity index (χ3n) is 4.32. The van der Waals surface area contributed by atoms with Crippen LogP contribution >= 0.6 is 0 Å². The minimum atomic E-state index is -0.0398. The molecule has 0 radical (unpaired) electrons. The van der Waals surface area contributed by atoms with E-state index in [0.717, 1.165) is 13.0 Å². The molecule has 0 spiro atoms. The number of amides is 2. The van der Waals surface area contributed by atoms with Crippen molar-refractivity contribution in [3.8, 4) is 0 Å². The highest BCUT2D eigenvalue weighted by molar-refractivity contribution is 5.73. The van der Waals surface area contributed by atoms with Gasteiger partial charge in [0.25, 0.3) is 0 Å². The molecule has 1 aliphatic rings. The standard InChI is InChI=1S/C17H27N3O/c1-17(2)10-9-15(13-7-5-6-8-14(13)17)18-11-12-19-16(21)20(3)4/h5-8,15,18H,9-12H2,1-4H3,(H,19,21). The highest BCUT2D eigenvalue weighted by Gasteiger charge is 2.31. The lowest BCUT2D eigenvalue weighted by Gasteiger charge is -2.37. The van der Waals surface area contributed by atoms with Crippen molar-refractivity contribution < 1.29 is 4.79 Å². The number of urea groups is 1. The van der Waals surface area contributed by atoms with E-state index in [-0.39, 0.29) is 11.4 Å². The van der Waals surface area contributed by atoms with Gasteiger partial charge in [-0.25, -0.2) is 4.79 Å². The Labute approximate surface area is 127 Å². The van der Waals surface area contributed by atoms with Crippen LogP contribution in [0, 0.1) is 0 Å². The van der Waals surface area contributed by atoms with Crippen LogP contribution in [0.5, 0.6) is 0 Å². The average molecular weight is 289 g/mol. The van der Waals surface area contributed by atoms with E-state index in [1.807, 2.05) is 0 Å². The van der Waals surface area contributed by atoms with Crippen molar-refractivity contribution in [2.75, 3.05) is 27.2 Å². The minimum absolute atomic E-state index is 0.0398. The van der Waals surface area contributed by atoms with E-state index in [1.54, 1.807) is 19.0 Å². The Morgan fingerprint density at radius 3 is 2.71 bits per heavy atom. The maximum Gasteiger partial charge on any atom is 0.316 e. The van der Waals surface area contributed by atoms with Crippen molar-refractivity contribution in [1.82, 2.24) is 15.5 Å². The summed E-state index contributed by atoms with van der Waals surface area (Å²) < 4.78 is 0. The summed E-state index contributed by atoms with van der Waals surface area (Å²) in [5.74, 6) is 0. The van der Waals surface area contributed by atoms with Crippen LogP contribution in [0.2, 0.25) is 0 Å². The molecule has 4 nitrogen and oxygen atoms in total. The van der Waals surface area contributed by atoms with Gasteiger partial charge in [0.15, 0.2) is 0 Å². The number of fused-ring (bicyclic) bond motifs is 1. The van der Waals surface area contributed by atoms with Gasteiger partial charge in [0.05, 0.1) is 0 Å². The maximum atomic E-state index is 11.5. The molecular formula is C17H27N3O. The third kappa shape index (κ3) is 3.76. The monoisotopic (exact) mass is 289 g/mol. The van der Waals surface area contributed by atoms with Crippen molar-refractivity contribution in [3.05, 3.63) is 35.4 Å². The zero-order valence-electron chi connectivity index (χ0n) is 13.6. The predicted molar refractivity (Wildman–Crippen MR) is 86.5 cm³/mol. The molecule has 0 bridgehead atoms. The fourth-order valence-corrected chi connectivity index (χ4v) is 3.00. The molecule has 0 saturated carbocycles. The Bertz CT molecular complexity index is 497. The zero-order chi connectivity index (χ0) is 15.5. The molecule has 21 heavy (non-hydrogen) atoms. The van der Waals surface area contributed by atoms with Gasteiger partial charge in [0.2, 0.25) is 0 Å². The zero-order valence-corrected chi connectivity index (χ0v) is 13.6. The molecule has 2 N–H and O–H groups in total. The van der Waals surface area contributed by atoms with E-state index in [2.05, 4.69) is 48.7 Å². The highest BCUT2D eigenvalue weighted by atomic mass is 16.2. The number of carbonyl (C=O) groups excluding carboxylic acids is 1. The summed E-state index contributed by atoms with van der Waals surface area (Å²) in [6.07, 6.45) is 2.33. The molecule has 0 fully saturated rings. The normalized spacial score (nSPS) is 19.7. The van der Waals surface area contributed by atoms with Crippen LogP contribution in [-0.4, -0.2) is 38.1 Å². The Balaban J connectivity index is 1.92. The molecule has 1 aromatic rings. The second-order valence-corrected chi connectivity index (χ2v) is 6.64. The van der Waals surface area contributed by atoms with E-state index >= 15 is 0 Å². The largest absolute Gasteiger partial charge is 0.337 e. The van der Waals surface area contributed by atoms with Crippen molar-refractivity contribution in [1.29, 1.82) is 0 Å². The summed E-state index contributed by atoms with van der Waals surface area (Å²) >= 11 is 0. The Hall–Kier alpha value is -1.55. The van der Waals surface area contributed by atoms with E-state index in [4.69, 9.17) is 0 Å². The van der Waals surface area contributed by atoms with Crippen LogP contribution in [0.15, 0.2) is 24.3 Å². The Morgan fingerprint density at radius 2 is 2.00 bits per heavy atom. The number of hydrogen-bond donors (Lipinski definition) is 2. The van der Waals surface area contributed by atoms with Gasteiger partial charge in [-0.15, -0.1) is 0 Å². The average Bonchev–Trinajstić information content (AvgIpc) is 2.45. The summed E-state index contributed by atoms with van der Waals surface area (Å²) in [4.78, 5) is 13.0. The van der Waals surface area contributed by atoms with E-state index in [0.29, 0.717) is 12.6 Å². The second-order valence-electron chi connectivity index (χ2n) is 6.64. The van der Waals surface area contributed by atoms with E-state index in [9.17, 15) is 4.79 Å². The first-order valence-corrected chi connectivity index (χ1v) is 7.70. The molecule has 0 aliphatic heterocycles. The fourth-order valence-electron chi connectivity index (χ4n) is 3.00.